The molecule has 10 heteroatoms. The normalized spacial score (nSPS) is 12.3. The Morgan fingerprint density at radius 2 is 1.68 bits per heavy atom. The molecule has 8 nitrogen and oxygen atoms in total. The summed E-state index contributed by atoms with van der Waals surface area (Å²) in [6, 6.07) is 11.1. The number of carbonyl (C=O) groups excluding carboxylic acids is 2. The number of allylic oxidation sites excluding steroid dienone is 1. The summed E-state index contributed by atoms with van der Waals surface area (Å²) >= 11 is 1.27. The second-order valence-electron chi connectivity index (χ2n) is 8.51. The summed E-state index contributed by atoms with van der Waals surface area (Å²) < 4.78 is 35.3. The number of unbranched alkanes of at least 4 members (excludes halogenated alkanes) is 2. The number of benzene rings is 2. The second kappa shape index (κ2) is 12.9. The molecule has 0 N–H and O–H groups in total. The number of fused-ring (bicyclic) bond motifs is 1. The molecule has 0 unspecified atom stereocenters. The quantitative estimate of drug-likeness (QED) is 0.236. The summed E-state index contributed by atoms with van der Waals surface area (Å²) in [4.78, 5) is 29.8. The molecule has 0 aliphatic carbocycles. The number of ether oxygens (including phenoxy) is 1. The van der Waals surface area contributed by atoms with Gasteiger partial charge in [0, 0.05) is 25.2 Å². The molecule has 0 saturated carbocycles. The highest BCUT2D eigenvalue weighted by molar-refractivity contribution is 7.89. The van der Waals surface area contributed by atoms with Crippen molar-refractivity contribution in [2.45, 2.75) is 51.0 Å². The van der Waals surface area contributed by atoms with Crippen LogP contribution < -0.4 is 4.80 Å². The molecule has 0 saturated heterocycles. The highest BCUT2D eigenvalue weighted by atomic mass is 32.2. The monoisotopic (exact) mass is 543 g/mol. The summed E-state index contributed by atoms with van der Waals surface area (Å²) in [6.07, 6.45) is 5.09. The Kier molecular flexibility index (Phi) is 9.96. The summed E-state index contributed by atoms with van der Waals surface area (Å²) in [5, 5.41) is 0. The molecular weight excluding hydrogens is 510 g/mol. The van der Waals surface area contributed by atoms with Crippen LogP contribution in [0.15, 0.2) is 65.0 Å². The lowest BCUT2D eigenvalue weighted by Gasteiger charge is -2.22. The van der Waals surface area contributed by atoms with Gasteiger partial charge in [0.1, 0.15) is 0 Å². The van der Waals surface area contributed by atoms with Crippen LogP contribution in [0.25, 0.3) is 10.2 Å². The molecule has 37 heavy (non-hydrogen) atoms. The van der Waals surface area contributed by atoms with Crippen molar-refractivity contribution >= 4 is 43.5 Å². The molecule has 3 rings (SSSR count). The Balaban J connectivity index is 1.94. The van der Waals surface area contributed by atoms with Gasteiger partial charge >= 0.3 is 5.97 Å². The van der Waals surface area contributed by atoms with Crippen molar-refractivity contribution in [2.75, 3.05) is 20.2 Å². The van der Waals surface area contributed by atoms with Crippen LogP contribution in [0.5, 0.6) is 0 Å². The zero-order valence-electron chi connectivity index (χ0n) is 21.5. The van der Waals surface area contributed by atoms with Crippen molar-refractivity contribution in [3.8, 4) is 0 Å². The zero-order chi connectivity index (χ0) is 27.0. The molecular formula is C27H33N3O5S2. The first-order chi connectivity index (χ1) is 17.8. The molecule has 1 amide bonds. The van der Waals surface area contributed by atoms with Crippen LogP contribution in [-0.2, 0) is 21.3 Å². The van der Waals surface area contributed by atoms with E-state index in [0.717, 1.165) is 35.9 Å². The number of hydrogen-bond acceptors (Lipinski definition) is 6. The third-order valence-corrected chi connectivity index (χ3v) is 8.83. The lowest BCUT2D eigenvalue weighted by atomic mass is 10.2. The van der Waals surface area contributed by atoms with E-state index in [1.165, 1.54) is 47.0 Å². The largest absolute Gasteiger partial charge is 0.465 e. The van der Waals surface area contributed by atoms with Crippen LogP contribution in [0.1, 0.15) is 60.2 Å². The molecule has 198 valence electrons. The first-order valence-electron chi connectivity index (χ1n) is 12.3. The van der Waals surface area contributed by atoms with Crippen molar-refractivity contribution in [1.82, 2.24) is 8.87 Å². The van der Waals surface area contributed by atoms with Gasteiger partial charge < -0.3 is 9.30 Å². The highest BCUT2D eigenvalue weighted by Gasteiger charge is 2.24. The molecule has 0 fully saturated rings. The molecule has 0 spiro atoms. The van der Waals surface area contributed by atoms with Gasteiger partial charge in [0.05, 0.1) is 27.8 Å². The summed E-state index contributed by atoms with van der Waals surface area (Å²) in [5.41, 5.74) is 1.50. The van der Waals surface area contributed by atoms with E-state index in [9.17, 15) is 18.0 Å². The van der Waals surface area contributed by atoms with E-state index in [-0.39, 0.29) is 10.5 Å². The maximum absolute atomic E-state index is 13.2. The topological polar surface area (TPSA) is 98.0 Å². The van der Waals surface area contributed by atoms with Gasteiger partial charge in [-0.2, -0.15) is 9.30 Å². The summed E-state index contributed by atoms with van der Waals surface area (Å²) in [5.74, 6) is -0.937. The van der Waals surface area contributed by atoms with Crippen LogP contribution in [0.3, 0.4) is 0 Å². The molecule has 0 aliphatic heterocycles. The average Bonchev–Trinajstić information content (AvgIpc) is 3.24. The van der Waals surface area contributed by atoms with Crippen molar-refractivity contribution in [3.05, 3.63) is 71.0 Å². The lowest BCUT2D eigenvalue weighted by Crippen LogP contribution is -2.33. The number of thiazole rings is 1. The standard InChI is InChI=1S/C27H33N3O5S2/c1-5-8-17-29(18-9-6-2)37(33,34)22-13-10-20(11-14-22)25(31)28-27-30(16-7-3)23-15-12-21(26(32)35-4)19-24(23)36-27/h7,10-15,19H,3,5-6,8-9,16-18H2,1-2,4H3. The van der Waals surface area contributed by atoms with Crippen LogP contribution in [0.2, 0.25) is 0 Å². The van der Waals surface area contributed by atoms with E-state index in [2.05, 4.69) is 11.6 Å². The first kappa shape index (κ1) is 28.5. The zero-order valence-corrected chi connectivity index (χ0v) is 23.1. The number of methoxy groups -OCH3 is 1. The highest BCUT2D eigenvalue weighted by Crippen LogP contribution is 2.21. The minimum absolute atomic E-state index is 0.162. The Morgan fingerprint density at radius 3 is 2.24 bits per heavy atom. The number of aromatic nitrogens is 1. The molecule has 3 aromatic rings. The molecule has 1 heterocycles. The van der Waals surface area contributed by atoms with Gasteiger partial charge in [-0.15, -0.1) is 6.58 Å². The molecule has 1 aromatic heterocycles. The van der Waals surface area contributed by atoms with Gasteiger partial charge in [0.15, 0.2) is 4.80 Å². The third-order valence-electron chi connectivity index (χ3n) is 5.87. The number of nitrogens with zero attached hydrogens (tertiary/aromatic N) is 3. The van der Waals surface area contributed by atoms with Crippen LogP contribution >= 0.6 is 11.3 Å². The number of esters is 1. The van der Waals surface area contributed by atoms with E-state index >= 15 is 0 Å². The number of sulfonamides is 1. The van der Waals surface area contributed by atoms with E-state index in [0.29, 0.717) is 30.0 Å². The van der Waals surface area contributed by atoms with Crippen molar-refractivity contribution in [1.29, 1.82) is 0 Å². The lowest BCUT2D eigenvalue weighted by molar-refractivity contribution is 0.0600. The maximum Gasteiger partial charge on any atom is 0.337 e. The summed E-state index contributed by atoms with van der Waals surface area (Å²) in [7, 11) is -2.33. The molecule has 0 bridgehead atoms. The third kappa shape index (κ3) is 6.63. The first-order valence-corrected chi connectivity index (χ1v) is 14.5. The fourth-order valence-corrected chi connectivity index (χ4v) is 6.39. The van der Waals surface area contributed by atoms with Crippen LogP contribution in [0.4, 0.5) is 0 Å². The Labute approximate surface area is 222 Å². The van der Waals surface area contributed by atoms with Gasteiger partial charge in [0.2, 0.25) is 10.0 Å². The van der Waals surface area contributed by atoms with E-state index < -0.39 is 21.9 Å². The van der Waals surface area contributed by atoms with Crippen molar-refractivity contribution in [2.24, 2.45) is 4.99 Å². The molecule has 0 radical (unpaired) electrons. The van der Waals surface area contributed by atoms with Crippen molar-refractivity contribution in [3.63, 3.8) is 0 Å². The van der Waals surface area contributed by atoms with Gasteiger partial charge in [-0.3, -0.25) is 4.79 Å². The van der Waals surface area contributed by atoms with Crippen molar-refractivity contribution < 1.29 is 22.7 Å². The minimum atomic E-state index is -3.65. The van der Waals surface area contributed by atoms with Gasteiger partial charge in [-0.1, -0.05) is 44.1 Å². The predicted molar refractivity (Wildman–Crippen MR) is 146 cm³/mol. The second-order valence-corrected chi connectivity index (χ2v) is 11.5. The fraction of sp³-hybridized carbons (Fsp3) is 0.370. The van der Waals surface area contributed by atoms with Gasteiger partial charge in [0.25, 0.3) is 5.91 Å². The number of hydrogen-bond donors (Lipinski definition) is 0. The van der Waals surface area contributed by atoms with E-state index in [4.69, 9.17) is 4.74 Å². The molecule has 2 aromatic carbocycles. The van der Waals surface area contributed by atoms with E-state index in [1.54, 1.807) is 24.3 Å². The number of rotatable bonds is 12. The van der Waals surface area contributed by atoms with Gasteiger partial charge in [-0.25, -0.2) is 13.2 Å². The van der Waals surface area contributed by atoms with Crippen LogP contribution in [-0.4, -0.2) is 49.4 Å². The fourth-order valence-electron chi connectivity index (χ4n) is 3.80. The SMILES string of the molecule is C=CCn1c(=NC(=O)c2ccc(S(=O)(=O)N(CCCC)CCCC)cc2)sc2cc(C(=O)OC)ccc21. The average molecular weight is 544 g/mol. The minimum Gasteiger partial charge on any atom is -0.465 e. The Bertz CT molecular complexity index is 1430. The van der Waals surface area contributed by atoms with E-state index in [1.807, 2.05) is 18.4 Å². The number of amides is 1. The summed E-state index contributed by atoms with van der Waals surface area (Å²) in [6.45, 7) is 9.22. The predicted octanol–water partition coefficient (Wildman–Crippen LogP) is 5.01. The number of carbonyl (C=O) groups is 2. The van der Waals surface area contributed by atoms with Gasteiger partial charge in [-0.05, 0) is 55.3 Å². The molecule has 0 atom stereocenters. The maximum atomic E-state index is 13.2. The smallest absolute Gasteiger partial charge is 0.337 e. The molecule has 0 aliphatic rings. The Morgan fingerprint density at radius 1 is 1.05 bits per heavy atom. The van der Waals surface area contributed by atoms with Crippen LogP contribution in [0, 0.1) is 0 Å². The Hall–Kier alpha value is -3.08.